The van der Waals surface area contributed by atoms with E-state index in [0.29, 0.717) is 16.4 Å². The Hall–Kier alpha value is -3.36. The van der Waals surface area contributed by atoms with Gasteiger partial charge in [-0.05, 0) is 61.0 Å². The van der Waals surface area contributed by atoms with Crippen LogP contribution < -0.4 is 9.62 Å². The summed E-state index contributed by atoms with van der Waals surface area (Å²) in [6.45, 7) is 1.34. The van der Waals surface area contributed by atoms with Gasteiger partial charge in [0.05, 0.1) is 16.1 Å². The molecular formula is C23H21ClN2O5S. The van der Waals surface area contributed by atoms with E-state index in [2.05, 4.69) is 5.32 Å². The van der Waals surface area contributed by atoms with Gasteiger partial charge in [0.2, 0.25) is 0 Å². The van der Waals surface area contributed by atoms with Gasteiger partial charge in [0.25, 0.3) is 15.9 Å². The van der Waals surface area contributed by atoms with Crippen molar-refractivity contribution >= 4 is 44.9 Å². The van der Waals surface area contributed by atoms with Crippen molar-refractivity contribution in [3.63, 3.8) is 0 Å². The number of ether oxygens (including phenoxy) is 1. The molecule has 1 N–H and O–H groups in total. The van der Waals surface area contributed by atoms with E-state index in [0.717, 1.165) is 9.87 Å². The summed E-state index contributed by atoms with van der Waals surface area (Å²) >= 11 is 6.02. The molecule has 0 aliphatic heterocycles. The fourth-order valence-corrected chi connectivity index (χ4v) is 4.16. The third-order valence-electron chi connectivity index (χ3n) is 4.66. The molecule has 0 aromatic heterocycles. The van der Waals surface area contributed by atoms with Gasteiger partial charge in [0.15, 0.2) is 6.61 Å². The Bertz CT molecular complexity index is 1230. The van der Waals surface area contributed by atoms with Crippen LogP contribution in [0.3, 0.4) is 0 Å². The van der Waals surface area contributed by atoms with Crippen molar-refractivity contribution in [1.29, 1.82) is 0 Å². The summed E-state index contributed by atoms with van der Waals surface area (Å²) in [5, 5.41) is 3.10. The number of benzene rings is 3. The van der Waals surface area contributed by atoms with E-state index in [1.54, 1.807) is 48.5 Å². The fraction of sp³-hybridized carbons (Fsp3) is 0.130. The molecule has 0 aliphatic rings. The quantitative estimate of drug-likeness (QED) is 0.518. The maximum Gasteiger partial charge on any atom is 0.338 e. The van der Waals surface area contributed by atoms with E-state index < -0.39 is 28.5 Å². The molecule has 0 atom stereocenters. The molecule has 3 rings (SSSR count). The number of hydrogen-bond acceptors (Lipinski definition) is 5. The first-order valence-corrected chi connectivity index (χ1v) is 11.4. The summed E-state index contributed by atoms with van der Waals surface area (Å²) in [6.07, 6.45) is 0. The normalized spacial score (nSPS) is 11.0. The second-order valence-electron chi connectivity index (χ2n) is 6.92. The number of nitrogens with one attached hydrogen (secondary N) is 1. The number of halogens is 1. The fourth-order valence-electron chi connectivity index (χ4n) is 2.78. The van der Waals surface area contributed by atoms with Gasteiger partial charge >= 0.3 is 5.97 Å². The lowest BCUT2D eigenvalue weighted by Gasteiger charge is -2.19. The minimum Gasteiger partial charge on any atom is -0.452 e. The number of carbonyl (C=O) groups excluding carboxylic acids is 2. The van der Waals surface area contributed by atoms with Gasteiger partial charge in [-0.15, -0.1) is 0 Å². The lowest BCUT2D eigenvalue weighted by atomic mass is 10.2. The van der Waals surface area contributed by atoms with Crippen molar-refractivity contribution in [2.45, 2.75) is 11.8 Å². The minimum absolute atomic E-state index is 0.0226. The zero-order valence-electron chi connectivity index (χ0n) is 17.4. The van der Waals surface area contributed by atoms with Crippen molar-refractivity contribution in [2.75, 3.05) is 23.3 Å². The topological polar surface area (TPSA) is 92.8 Å². The average Bonchev–Trinajstić information content (AvgIpc) is 2.80. The van der Waals surface area contributed by atoms with E-state index >= 15 is 0 Å². The van der Waals surface area contributed by atoms with Crippen molar-refractivity contribution < 1.29 is 22.7 Å². The molecule has 1 amide bonds. The molecule has 0 saturated carbocycles. The van der Waals surface area contributed by atoms with Crippen LogP contribution in [-0.4, -0.2) is 33.9 Å². The largest absolute Gasteiger partial charge is 0.452 e. The Morgan fingerprint density at radius 2 is 1.66 bits per heavy atom. The van der Waals surface area contributed by atoms with Crippen LogP contribution in [-0.2, 0) is 19.6 Å². The van der Waals surface area contributed by atoms with E-state index in [1.807, 2.05) is 6.92 Å². The van der Waals surface area contributed by atoms with E-state index in [4.69, 9.17) is 16.3 Å². The SMILES string of the molecule is Cc1ccc(NC(=O)COC(=O)c2ccc(S(=O)(=O)N(C)c3ccccc3)cc2)cc1Cl. The van der Waals surface area contributed by atoms with Crippen molar-refractivity contribution in [1.82, 2.24) is 0 Å². The number of nitrogens with zero attached hydrogens (tertiary/aromatic N) is 1. The monoisotopic (exact) mass is 472 g/mol. The highest BCUT2D eigenvalue weighted by Crippen LogP contribution is 2.22. The summed E-state index contributed by atoms with van der Waals surface area (Å²) in [5.74, 6) is -1.27. The lowest BCUT2D eigenvalue weighted by molar-refractivity contribution is -0.119. The molecule has 0 radical (unpaired) electrons. The molecule has 3 aromatic carbocycles. The van der Waals surface area contributed by atoms with Crippen LogP contribution in [0.5, 0.6) is 0 Å². The van der Waals surface area contributed by atoms with Crippen LogP contribution >= 0.6 is 11.6 Å². The number of aryl methyl sites for hydroxylation is 1. The highest BCUT2D eigenvalue weighted by Gasteiger charge is 2.21. The number of hydrogen-bond donors (Lipinski definition) is 1. The lowest BCUT2D eigenvalue weighted by Crippen LogP contribution is -2.26. The summed E-state index contributed by atoms with van der Waals surface area (Å²) < 4.78 is 31.8. The van der Waals surface area contributed by atoms with Gasteiger partial charge in [-0.3, -0.25) is 9.10 Å². The average molecular weight is 473 g/mol. The number of anilines is 2. The predicted molar refractivity (Wildman–Crippen MR) is 124 cm³/mol. The van der Waals surface area contributed by atoms with Crippen LogP contribution in [0.25, 0.3) is 0 Å². The smallest absolute Gasteiger partial charge is 0.338 e. The molecule has 0 spiro atoms. The van der Waals surface area contributed by atoms with E-state index in [1.165, 1.54) is 31.3 Å². The van der Waals surface area contributed by atoms with Gasteiger partial charge in [0.1, 0.15) is 0 Å². The number of para-hydroxylation sites is 1. The second kappa shape index (κ2) is 9.84. The standard InChI is InChI=1S/C23H21ClN2O5S/c1-16-8-11-18(14-21(16)24)25-22(27)15-31-23(28)17-9-12-20(13-10-17)32(29,30)26(2)19-6-4-3-5-7-19/h3-14H,15H2,1-2H3,(H,25,27). The van der Waals surface area contributed by atoms with Crippen molar-refractivity contribution in [2.24, 2.45) is 0 Å². The number of carbonyl (C=O) groups is 2. The summed E-state index contributed by atoms with van der Waals surface area (Å²) in [4.78, 5) is 24.3. The molecule has 166 valence electrons. The Balaban J connectivity index is 1.61. The summed E-state index contributed by atoms with van der Waals surface area (Å²) in [6, 6.07) is 19.0. The third-order valence-corrected chi connectivity index (χ3v) is 6.87. The first-order chi connectivity index (χ1) is 15.2. The summed E-state index contributed by atoms with van der Waals surface area (Å²) in [7, 11) is -2.34. The highest BCUT2D eigenvalue weighted by molar-refractivity contribution is 7.92. The molecule has 0 aliphatic carbocycles. The maximum absolute atomic E-state index is 12.8. The van der Waals surface area contributed by atoms with Crippen LogP contribution in [0.2, 0.25) is 5.02 Å². The van der Waals surface area contributed by atoms with Crippen molar-refractivity contribution in [3.05, 3.63) is 88.9 Å². The van der Waals surface area contributed by atoms with Gasteiger partial charge in [-0.1, -0.05) is 35.9 Å². The Morgan fingerprint density at radius 1 is 1.00 bits per heavy atom. The van der Waals surface area contributed by atoms with Crippen LogP contribution in [0, 0.1) is 6.92 Å². The molecule has 0 unspecified atom stereocenters. The molecule has 7 nitrogen and oxygen atoms in total. The van der Waals surface area contributed by atoms with Gasteiger partial charge in [-0.2, -0.15) is 0 Å². The number of esters is 1. The molecule has 9 heteroatoms. The number of sulfonamides is 1. The molecule has 0 heterocycles. The first-order valence-electron chi connectivity index (χ1n) is 9.55. The first kappa shape index (κ1) is 23.3. The second-order valence-corrected chi connectivity index (χ2v) is 9.30. The van der Waals surface area contributed by atoms with Crippen LogP contribution in [0.1, 0.15) is 15.9 Å². The van der Waals surface area contributed by atoms with E-state index in [9.17, 15) is 18.0 Å². The third kappa shape index (κ3) is 5.46. The molecular weight excluding hydrogens is 452 g/mol. The molecule has 32 heavy (non-hydrogen) atoms. The van der Waals surface area contributed by atoms with Gasteiger partial charge in [-0.25, -0.2) is 13.2 Å². The number of rotatable bonds is 7. The minimum atomic E-state index is -3.80. The zero-order chi connectivity index (χ0) is 23.3. The van der Waals surface area contributed by atoms with Gasteiger partial charge < -0.3 is 10.1 Å². The number of amides is 1. The molecule has 0 bridgehead atoms. The Morgan fingerprint density at radius 3 is 2.28 bits per heavy atom. The zero-order valence-corrected chi connectivity index (χ0v) is 19.0. The Kier molecular flexibility index (Phi) is 7.17. The van der Waals surface area contributed by atoms with Gasteiger partial charge in [0, 0.05) is 17.8 Å². The van der Waals surface area contributed by atoms with E-state index in [-0.39, 0.29) is 10.5 Å². The molecule has 0 fully saturated rings. The van der Waals surface area contributed by atoms with Crippen LogP contribution in [0.15, 0.2) is 77.7 Å². The Labute approximate surface area is 191 Å². The molecule has 3 aromatic rings. The predicted octanol–water partition coefficient (Wildman–Crippen LogP) is 4.27. The molecule has 0 saturated heterocycles. The highest BCUT2D eigenvalue weighted by atomic mass is 35.5. The summed E-state index contributed by atoms with van der Waals surface area (Å²) in [5.41, 5.74) is 1.99. The van der Waals surface area contributed by atoms with Crippen molar-refractivity contribution in [3.8, 4) is 0 Å². The maximum atomic E-state index is 12.8. The van der Waals surface area contributed by atoms with Crippen LogP contribution in [0.4, 0.5) is 11.4 Å².